The smallest absolute Gasteiger partial charge is 0.238 e. The highest BCUT2D eigenvalue weighted by Gasteiger charge is 2.25. The summed E-state index contributed by atoms with van der Waals surface area (Å²) < 4.78 is 4.77. The molecule has 0 aliphatic heterocycles. The van der Waals surface area contributed by atoms with E-state index in [4.69, 9.17) is 15.0 Å². The van der Waals surface area contributed by atoms with E-state index in [2.05, 4.69) is 264 Å². The third kappa shape index (κ3) is 7.46. The lowest BCUT2D eigenvalue weighted by molar-refractivity contribution is 0.953. The Hall–Kier alpha value is -9.97. The molecule has 5 nitrogen and oxygen atoms in total. The average Bonchev–Trinajstić information content (AvgIpc) is 4.07. The van der Waals surface area contributed by atoms with Crippen LogP contribution in [0, 0.1) is 0 Å². The second kappa shape index (κ2) is 18.0. The first kappa shape index (κ1) is 42.9. The number of hydrogen-bond acceptors (Lipinski definition) is 3. The van der Waals surface area contributed by atoms with Crippen molar-refractivity contribution < 1.29 is 0 Å². The van der Waals surface area contributed by atoms with Crippen molar-refractivity contribution in [1.29, 1.82) is 0 Å². The molecule has 0 unspecified atom stereocenters. The molecule has 11 aromatic carbocycles. The van der Waals surface area contributed by atoms with E-state index >= 15 is 0 Å². The van der Waals surface area contributed by atoms with Crippen molar-refractivity contribution >= 4 is 43.6 Å². The summed E-state index contributed by atoms with van der Waals surface area (Å²) in [6.07, 6.45) is 0. The van der Waals surface area contributed by atoms with Crippen LogP contribution >= 0.6 is 0 Å². The van der Waals surface area contributed by atoms with Gasteiger partial charge in [-0.05, 0) is 92.5 Å². The molecule has 0 aliphatic rings. The quantitative estimate of drug-likeness (QED) is 0.145. The molecule has 346 valence electrons. The van der Waals surface area contributed by atoms with E-state index in [1.165, 1.54) is 5.56 Å². The topological polar surface area (TPSA) is 48.5 Å². The highest BCUT2D eigenvalue weighted by atomic mass is 15.2. The Labute approximate surface area is 428 Å². The van der Waals surface area contributed by atoms with Gasteiger partial charge >= 0.3 is 0 Å². The fraction of sp³-hybridized carbons (Fsp3) is 0. The molecule has 0 amide bonds. The van der Waals surface area contributed by atoms with E-state index in [1.807, 2.05) is 18.2 Å². The Morgan fingerprint density at radius 3 is 1.20 bits per heavy atom. The lowest BCUT2D eigenvalue weighted by atomic mass is 9.94. The van der Waals surface area contributed by atoms with Crippen molar-refractivity contribution in [2.75, 3.05) is 0 Å². The third-order valence-corrected chi connectivity index (χ3v) is 14.4. The maximum atomic E-state index is 5.62. The maximum absolute atomic E-state index is 5.62. The number of benzene rings is 11. The van der Waals surface area contributed by atoms with Crippen molar-refractivity contribution in [3.05, 3.63) is 273 Å². The number of rotatable bonds is 9. The minimum absolute atomic E-state index is 0.531. The summed E-state index contributed by atoms with van der Waals surface area (Å²) in [5.41, 5.74) is 18.3. The van der Waals surface area contributed by atoms with Gasteiger partial charge in [0.1, 0.15) is 0 Å². The molecule has 0 saturated heterocycles. The summed E-state index contributed by atoms with van der Waals surface area (Å²) in [6.45, 7) is 0. The van der Waals surface area contributed by atoms with Crippen LogP contribution in [-0.4, -0.2) is 24.1 Å². The van der Waals surface area contributed by atoms with Gasteiger partial charge in [-0.25, -0.2) is 4.98 Å². The third-order valence-electron chi connectivity index (χ3n) is 14.4. The molecule has 0 saturated carbocycles. The summed E-state index contributed by atoms with van der Waals surface area (Å²) in [5.74, 6) is 1.69. The molecule has 0 bridgehead atoms. The van der Waals surface area contributed by atoms with Gasteiger partial charge in [-0.2, -0.15) is 9.97 Å². The van der Waals surface area contributed by atoms with Gasteiger partial charge in [-0.1, -0.05) is 231 Å². The second-order valence-corrected chi connectivity index (χ2v) is 18.8. The normalized spacial score (nSPS) is 11.5. The molecule has 0 aliphatic carbocycles. The molecule has 14 aromatic rings. The highest BCUT2D eigenvalue weighted by molar-refractivity contribution is 6.24. The van der Waals surface area contributed by atoms with Gasteiger partial charge in [-0.15, -0.1) is 0 Å². The van der Waals surface area contributed by atoms with Gasteiger partial charge < -0.3 is 4.57 Å². The summed E-state index contributed by atoms with van der Waals surface area (Å²) in [6, 6.07) is 97.2. The first-order valence-corrected chi connectivity index (χ1v) is 25.1. The minimum atomic E-state index is 0.531. The molecule has 5 heteroatoms. The predicted octanol–water partition coefficient (Wildman–Crippen LogP) is 17.7. The lowest BCUT2D eigenvalue weighted by Crippen LogP contribution is -2.07. The summed E-state index contributed by atoms with van der Waals surface area (Å²) in [5, 5.41) is 4.51. The van der Waals surface area contributed by atoms with Crippen molar-refractivity contribution in [3.63, 3.8) is 0 Å². The van der Waals surface area contributed by atoms with Gasteiger partial charge in [0.25, 0.3) is 0 Å². The first-order valence-electron chi connectivity index (χ1n) is 25.1. The van der Waals surface area contributed by atoms with E-state index in [9.17, 15) is 0 Å². The number of para-hydroxylation sites is 2. The number of aromatic nitrogens is 5. The van der Waals surface area contributed by atoms with E-state index in [0.29, 0.717) is 17.6 Å². The first-order chi connectivity index (χ1) is 36.7. The molecule has 0 atom stereocenters. The highest BCUT2D eigenvalue weighted by Crippen LogP contribution is 2.44. The molecule has 3 aromatic heterocycles. The SMILES string of the molecule is c1ccc(-c2cccc(-c3cc(-c4ccccc4)cc(-c4nc(-c5ccccc5)nc(-n5c6ccccc6c6ccc7c8ccccc8n(-c8cc(-c9ccccc9)ccc8-c8ccccc8)c7c65)n4)c3)c2)cc1. The molecule has 0 N–H and O–H groups in total. The second-order valence-electron chi connectivity index (χ2n) is 18.8. The van der Waals surface area contributed by atoms with Crippen LogP contribution in [0.25, 0.3) is 134 Å². The van der Waals surface area contributed by atoms with Crippen molar-refractivity contribution in [3.8, 4) is 90.0 Å². The van der Waals surface area contributed by atoms with Gasteiger partial charge in [-0.3, -0.25) is 4.57 Å². The summed E-state index contributed by atoms with van der Waals surface area (Å²) in [7, 11) is 0. The minimum Gasteiger partial charge on any atom is -0.307 e. The largest absolute Gasteiger partial charge is 0.307 e. The summed E-state index contributed by atoms with van der Waals surface area (Å²) >= 11 is 0. The Bertz CT molecular complexity index is 4390. The Morgan fingerprint density at radius 1 is 0.230 bits per heavy atom. The Kier molecular flexibility index (Phi) is 10.4. The van der Waals surface area contributed by atoms with Gasteiger partial charge in [0.05, 0.1) is 27.8 Å². The number of nitrogens with zero attached hydrogens (tertiary/aromatic N) is 5. The monoisotopic (exact) mass is 943 g/mol. The molecule has 0 fully saturated rings. The molecular weight excluding hydrogens is 899 g/mol. The van der Waals surface area contributed by atoms with Crippen molar-refractivity contribution in [2.45, 2.75) is 0 Å². The van der Waals surface area contributed by atoms with Crippen molar-refractivity contribution in [2.24, 2.45) is 0 Å². The fourth-order valence-corrected chi connectivity index (χ4v) is 10.9. The van der Waals surface area contributed by atoms with Crippen LogP contribution in [0.5, 0.6) is 0 Å². The van der Waals surface area contributed by atoms with E-state index in [-0.39, 0.29) is 0 Å². The van der Waals surface area contributed by atoms with Crippen molar-refractivity contribution in [1.82, 2.24) is 24.1 Å². The average molecular weight is 944 g/mol. The molecule has 74 heavy (non-hydrogen) atoms. The number of hydrogen-bond donors (Lipinski definition) is 0. The predicted molar refractivity (Wildman–Crippen MR) is 307 cm³/mol. The van der Waals surface area contributed by atoms with E-state index in [0.717, 1.165) is 110 Å². The standard InChI is InChI=1S/C69H45N5/c1-6-21-46(22-7-1)51-31-20-32-52(41-51)55-42-54(48-25-10-3-11-26-48)43-56(44-55)68-70-67(50-29-14-5-15-30-50)71-69(72-68)74-63-36-19-17-34-59(63)61-40-39-60-58-33-16-18-35-62(58)73(65(60)66(61)74)64-45-53(47-23-8-2-9-24-47)37-38-57(64)49-27-12-4-13-28-49/h1-45H. The summed E-state index contributed by atoms with van der Waals surface area (Å²) in [4.78, 5) is 16.5. The van der Waals surface area contributed by atoms with Gasteiger partial charge in [0.15, 0.2) is 11.6 Å². The molecular formula is C69H45N5. The number of fused-ring (bicyclic) bond motifs is 7. The van der Waals surface area contributed by atoms with Gasteiger partial charge in [0, 0.05) is 38.2 Å². The maximum Gasteiger partial charge on any atom is 0.238 e. The fourth-order valence-electron chi connectivity index (χ4n) is 10.9. The van der Waals surface area contributed by atoms with E-state index < -0.39 is 0 Å². The lowest BCUT2D eigenvalue weighted by Gasteiger charge is -2.17. The Morgan fingerprint density at radius 2 is 0.622 bits per heavy atom. The Balaban J connectivity index is 1.08. The zero-order valence-corrected chi connectivity index (χ0v) is 40.2. The van der Waals surface area contributed by atoms with Crippen LogP contribution in [0.15, 0.2) is 273 Å². The van der Waals surface area contributed by atoms with Crippen LogP contribution in [0.4, 0.5) is 0 Å². The van der Waals surface area contributed by atoms with Crippen LogP contribution in [0.1, 0.15) is 0 Å². The molecule has 0 spiro atoms. The van der Waals surface area contributed by atoms with Crippen LogP contribution in [0.3, 0.4) is 0 Å². The molecule has 14 rings (SSSR count). The zero-order valence-electron chi connectivity index (χ0n) is 40.2. The molecule has 0 radical (unpaired) electrons. The van der Waals surface area contributed by atoms with Crippen LogP contribution in [-0.2, 0) is 0 Å². The van der Waals surface area contributed by atoms with Crippen LogP contribution in [0.2, 0.25) is 0 Å². The molecule has 3 heterocycles. The van der Waals surface area contributed by atoms with Crippen LogP contribution < -0.4 is 0 Å². The van der Waals surface area contributed by atoms with Gasteiger partial charge in [0.2, 0.25) is 5.95 Å². The zero-order chi connectivity index (χ0) is 49.0. The van der Waals surface area contributed by atoms with E-state index in [1.54, 1.807) is 0 Å².